The first-order valence-corrected chi connectivity index (χ1v) is 6.61. The molecule has 0 saturated heterocycles. The molecule has 0 aliphatic carbocycles. The van der Waals surface area contributed by atoms with Gasteiger partial charge in [-0.3, -0.25) is 19.1 Å². The average Bonchev–Trinajstić information content (AvgIpc) is 2.15. The molecule has 0 spiro atoms. The zero-order valence-electron chi connectivity index (χ0n) is 9.90. The molecule has 0 aliphatic heterocycles. The Kier molecular flexibility index (Phi) is 5.44. The minimum absolute atomic E-state index is 0.441. The number of nitrogens with two attached hydrogens (primary N) is 2. The first kappa shape index (κ1) is 16.2. The quantitative estimate of drug-likeness (QED) is 0.456. The Bertz CT molecular complexity index is 331. The fourth-order valence-corrected chi connectivity index (χ4v) is 1.59. The Morgan fingerprint density at radius 3 is 1.53 bits per heavy atom. The number of rotatable bonds is 4. The second-order valence-corrected chi connectivity index (χ2v) is 5.77. The lowest BCUT2D eigenvalue weighted by molar-refractivity contribution is -0.147. The molecule has 0 fully saturated rings. The Hall–Kier alpha value is -0.790. The first-order valence-electron chi connectivity index (χ1n) is 4.93. The van der Waals surface area contributed by atoms with E-state index in [1.807, 2.05) is 0 Å². The molecule has 0 rings (SSSR count). The molecular formula is C8H18N3O5P. The summed E-state index contributed by atoms with van der Waals surface area (Å²) in [4.78, 5) is 41.8. The molecule has 17 heavy (non-hydrogen) atoms. The third kappa shape index (κ3) is 4.18. The zero-order chi connectivity index (χ0) is 14.0. The van der Waals surface area contributed by atoms with Crippen LogP contribution in [0.5, 0.6) is 0 Å². The summed E-state index contributed by atoms with van der Waals surface area (Å²) in [6.45, 7) is 3.70. The van der Waals surface area contributed by atoms with Crippen LogP contribution in [0.2, 0.25) is 0 Å². The number of imide groups is 1. The van der Waals surface area contributed by atoms with Crippen LogP contribution in [0.25, 0.3) is 0 Å². The van der Waals surface area contributed by atoms with Gasteiger partial charge < -0.3 is 21.3 Å². The summed E-state index contributed by atoms with van der Waals surface area (Å²) in [6.07, 6.45) is 0. The normalized spacial score (nSPS) is 17.1. The standard InChI is InChI=1S/C8H18N3O5P/c1-4(9)7(12)11(8(13)5(2)10)6(3)17(14,15)16/h4-6H,9-10H2,1-3H3,(H2,14,15,16)/t4-,5-,6+/m0/s1. The van der Waals surface area contributed by atoms with Gasteiger partial charge in [-0.2, -0.15) is 0 Å². The molecule has 0 aromatic rings. The van der Waals surface area contributed by atoms with E-state index in [9.17, 15) is 14.2 Å². The van der Waals surface area contributed by atoms with E-state index in [2.05, 4.69) is 0 Å². The van der Waals surface area contributed by atoms with Crippen LogP contribution in [-0.4, -0.2) is 44.4 Å². The molecule has 100 valence electrons. The molecular weight excluding hydrogens is 249 g/mol. The summed E-state index contributed by atoms with van der Waals surface area (Å²) in [5.74, 6) is -3.33. The minimum atomic E-state index is -4.63. The van der Waals surface area contributed by atoms with Crippen molar-refractivity contribution >= 4 is 19.4 Å². The molecule has 0 bridgehead atoms. The van der Waals surface area contributed by atoms with E-state index >= 15 is 0 Å². The lowest BCUT2D eigenvalue weighted by atomic mass is 10.2. The van der Waals surface area contributed by atoms with E-state index in [1.165, 1.54) is 13.8 Å². The second kappa shape index (κ2) is 5.70. The van der Waals surface area contributed by atoms with Crippen molar-refractivity contribution in [2.45, 2.75) is 38.6 Å². The van der Waals surface area contributed by atoms with Crippen LogP contribution in [0.3, 0.4) is 0 Å². The molecule has 0 unspecified atom stereocenters. The number of carbonyl (C=O) groups excluding carboxylic acids is 2. The van der Waals surface area contributed by atoms with Crippen molar-refractivity contribution in [2.75, 3.05) is 0 Å². The van der Waals surface area contributed by atoms with Gasteiger partial charge in [0.2, 0.25) is 11.8 Å². The van der Waals surface area contributed by atoms with Crippen molar-refractivity contribution in [3.8, 4) is 0 Å². The van der Waals surface area contributed by atoms with Gasteiger partial charge in [-0.15, -0.1) is 0 Å². The highest BCUT2D eigenvalue weighted by molar-refractivity contribution is 7.52. The van der Waals surface area contributed by atoms with Crippen molar-refractivity contribution in [2.24, 2.45) is 11.5 Å². The first-order chi connectivity index (χ1) is 7.50. The second-order valence-electron chi connectivity index (χ2n) is 3.84. The minimum Gasteiger partial charge on any atom is -0.323 e. The van der Waals surface area contributed by atoms with Gasteiger partial charge in [0.15, 0.2) is 0 Å². The van der Waals surface area contributed by atoms with Crippen molar-refractivity contribution < 1.29 is 23.9 Å². The fourth-order valence-electron chi connectivity index (χ4n) is 1.07. The largest absolute Gasteiger partial charge is 0.348 e. The van der Waals surface area contributed by atoms with Gasteiger partial charge in [0, 0.05) is 0 Å². The Balaban J connectivity index is 5.34. The Labute approximate surface area is 99.1 Å². The fraction of sp³-hybridized carbons (Fsp3) is 0.750. The highest BCUT2D eigenvalue weighted by Crippen LogP contribution is 2.42. The predicted molar refractivity (Wildman–Crippen MR) is 60.7 cm³/mol. The Morgan fingerprint density at radius 1 is 1.06 bits per heavy atom. The monoisotopic (exact) mass is 267 g/mol. The Morgan fingerprint density at radius 2 is 1.35 bits per heavy atom. The summed E-state index contributed by atoms with van der Waals surface area (Å²) in [5.41, 5.74) is 10.6. The van der Waals surface area contributed by atoms with Gasteiger partial charge in [0.05, 0.1) is 12.1 Å². The van der Waals surface area contributed by atoms with Crippen molar-refractivity contribution in [3.63, 3.8) is 0 Å². The number of amides is 2. The van der Waals surface area contributed by atoms with E-state index in [-0.39, 0.29) is 0 Å². The van der Waals surface area contributed by atoms with Crippen LogP contribution < -0.4 is 11.5 Å². The molecule has 0 radical (unpaired) electrons. The van der Waals surface area contributed by atoms with Gasteiger partial charge in [-0.05, 0) is 20.8 Å². The molecule has 3 atom stereocenters. The smallest absolute Gasteiger partial charge is 0.323 e. The molecule has 0 aliphatic rings. The summed E-state index contributed by atoms with van der Waals surface area (Å²) >= 11 is 0. The summed E-state index contributed by atoms with van der Waals surface area (Å²) < 4.78 is 11.1. The predicted octanol–water partition coefficient (Wildman–Crippen LogP) is -1.44. The number of hydrogen-bond acceptors (Lipinski definition) is 5. The molecule has 0 aromatic heterocycles. The zero-order valence-corrected chi connectivity index (χ0v) is 10.8. The molecule has 0 aromatic carbocycles. The summed E-state index contributed by atoms with van der Waals surface area (Å²) in [5, 5.41) is 0. The SMILES string of the molecule is C[C@H](N)C(=O)N(C(=O)[C@H](C)N)[C@@H](C)P(=O)(O)O. The van der Waals surface area contributed by atoms with Crippen molar-refractivity contribution in [3.05, 3.63) is 0 Å². The van der Waals surface area contributed by atoms with Crippen molar-refractivity contribution in [1.82, 2.24) is 4.90 Å². The van der Waals surface area contributed by atoms with Gasteiger partial charge in [0.25, 0.3) is 0 Å². The van der Waals surface area contributed by atoms with E-state index in [0.717, 1.165) is 6.92 Å². The van der Waals surface area contributed by atoms with Crippen molar-refractivity contribution in [1.29, 1.82) is 0 Å². The maximum absolute atomic E-state index is 11.7. The van der Waals surface area contributed by atoms with E-state index in [4.69, 9.17) is 21.3 Å². The number of hydrogen-bond donors (Lipinski definition) is 4. The topological polar surface area (TPSA) is 147 Å². The lowest BCUT2D eigenvalue weighted by Gasteiger charge is -2.30. The van der Waals surface area contributed by atoms with Gasteiger partial charge in [-0.1, -0.05) is 0 Å². The van der Waals surface area contributed by atoms with Gasteiger partial charge in [-0.25, -0.2) is 0 Å². The molecule has 2 amide bonds. The molecule has 6 N–H and O–H groups in total. The molecule has 9 heteroatoms. The van der Waals surface area contributed by atoms with Gasteiger partial charge in [0.1, 0.15) is 5.78 Å². The van der Waals surface area contributed by atoms with E-state index in [1.54, 1.807) is 0 Å². The van der Waals surface area contributed by atoms with Crippen LogP contribution in [-0.2, 0) is 14.2 Å². The average molecular weight is 267 g/mol. The van der Waals surface area contributed by atoms with Crippen LogP contribution in [0.1, 0.15) is 20.8 Å². The lowest BCUT2D eigenvalue weighted by Crippen LogP contribution is -2.54. The summed E-state index contributed by atoms with van der Waals surface area (Å²) in [6, 6.07) is -2.10. The maximum Gasteiger partial charge on any atom is 0.348 e. The van der Waals surface area contributed by atoms with Crippen LogP contribution in [0, 0.1) is 0 Å². The third-order valence-corrected chi connectivity index (χ3v) is 3.32. The van der Waals surface area contributed by atoms with Crippen LogP contribution in [0.4, 0.5) is 0 Å². The number of carbonyl (C=O) groups is 2. The highest BCUT2D eigenvalue weighted by Gasteiger charge is 2.39. The molecule has 8 nitrogen and oxygen atoms in total. The third-order valence-electron chi connectivity index (χ3n) is 2.11. The highest BCUT2D eigenvalue weighted by atomic mass is 31.2. The maximum atomic E-state index is 11.7. The number of nitrogens with zero attached hydrogens (tertiary/aromatic N) is 1. The summed E-state index contributed by atoms with van der Waals surface area (Å²) in [7, 11) is -4.63. The molecule has 0 saturated carbocycles. The van der Waals surface area contributed by atoms with E-state index in [0.29, 0.717) is 4.90 Å². The van der Waals surface area contributed by atoms with Crippen LogP contribution in [0.15, 0.2) is 0 Å². The van der Waals surface area contributed by atoms with Gasteiger partial charge >= 0.3 is 7.60 Å². The molecule has 0 heterocycles. The van der Waals surface area contributed by atoms with Crippen LogP contribution >= 0.6 is 7.60 Å². The van der Waals surface area contributed by atoms with E-state index < -0.39 is 37.3 Å².